The molecule has 0 radical (unpaired) electrons. The van der Waals surface area contributed by atoms with Crippen molar-refractivity contribution in [2.75, 3.05) is 32.7 Å². The third-order valence-corrected chi connectivity index (χ3v) is 7.18. The summed E-state index contributed by atoms with van der Waals surface area (Å²) in [6.45, 7) is 5.47. The Morgan fingerprint density at radius 3 is 2.34 bits per heavy atom. The van der Waals surface area contributed by atoms with Crippen LogP contribution in [0.2, 0.25) is 0 Å². The quantitative estimate of drug-likeness (QED) is 0.606. The van der Waals surface area contributed by atoms with E-state index in [0.29, 0.717) is 18.4 Å². The number of rotatable bonds is 4. The Bertz CT molecular complexity index is 931. The zero-order valence-corrected chi connectivity index (χ0v) is 18.4. The zero-order chi connectivity index (χ0) is 20.0. The van der Waals surface area contributed by atoms with Gasteiger partial charge in [0.2, 0.25) is 5.91 Å². The molecule has 0 saturated carbocycles. The average Bonchev–Trinajstić information content (AvgIpc) is 3.36. The monoisotopic (exact) mass is 501 g/mol. The number of nitrogens with zero attached hydrogens (tertiary/aromatic N) is 3. The summed E-state index contributed by atoms with van der Waals surface area (Å²) < 4.78 is 1.26. The molecular formula is C23H24IN3O2. The summed E-state index contributed by atoms with van der Waals surface area (Å²) in [4.78, 5) is 31.6. The summed E-state index contributed by atoms with van der Waals surface area (Å²) in [6, 6.07) is 16.4. The maximum absolute atomic E-state index is 12.9. The molecule has 0 aliphatic carbocycles. The molecule has 6 heteroatoms. The Morgan fingerprint density at radius 1 is 0.966 bits per heavy atom. The standard InChI is InChI=1S/C23H24IN3O2/c24-20-7-5-16(6-8-20)9-25-10-18-13-26(14-19(18)11-25)22(28)15-27-12-17-3-1-2-4-21(17)23(27)29/h1-8,18-19H,9-15H2/t18-,19+. The highest BCUT2D eigenvalue weighted by molar-refractivity contribution is 14.1. The van der Waals surface area contributed by atoms with Gasteiger partial charge in [0.25, 0.3) is 5.91 Å². The fourth-order valence-electron chi connectivity index (χ4n) is 4.98. The fraction of sp³-hybridized carbons (Fsp3) is 0.391. The second-order valence-corrected chi connectivity index (χ2v) is 9.70. The SMILES string of the molecule is O=C(CN1Cc2ccccc2C1=O)N1C[C@H]2CN(Cc3ccc(I)cc3)C[C@H]2C1. The molecule has 0 N–H and O–H groups in total. The minimum absolute atomic E-state index is 0.0166. The van der Waals surface area contributed by atoms with Crippen molar-refractivity contribution in [2.24, 2.45) is 11.8 Å². The number of carbonyl (C=O) groups is 2. The van der Waals surface area contributed by atoms with Crippen molar-refractivity contribution in [2.45, 2.75) is 13.1 Å². The van der Waals surface area contributed by atoms with Gasteiger partial charge in [-0.25, -0.2) is 0 Å². The van der Waals surface area contributed by atoms with Crippen LogP contribution in [0.5, 0.6) is 0 Å². The molecule has 2 fully saturated rings. The average molecular weight is 501 g/mol. The molecule has 29 heavy (non-hydrogen) atoms. The Kier molecular flexibility index (Phi) is 5.07. The first-order valence-electron chi connectivity index (χ1n) is 10.2. The molecule has 0 spiro atoms. The van der Waals surface area contributed by atoms with Crippen molar-refractivity contribution in [1.29, 1.82) is 0 Å². The number of hydrogen-bond acceptors (Lipinski definition) is 3. The van der Waals surface area contributed by atoms with Crippen molar-refractivity contribution in [1.82, 2.24) is 14.7 Å². The largest absolute Gasteiger partial charge is 0.340 e. The molecule has 3 aliphatic rings. The van der Waals surface area contributed by atoms with Gasteiger partial charge in [0.05, 0.1) is 0 Å². The zero-order valence-electron chi connectivity index (χ0n) is 16.3. The van der Waals surface area contributed by atoms with E-state index in [4.69, 9.17) is 0 Å². The lowest BCUT2D eigenvalue weighted by atomic mass is 10.0. The molecule has 2 aromatic carbocycles. The lowest BCUT2D eigenvalue weighted by Crippen LogP contribution is -2.40. The smallest absolute Gasteiger partial charge is 0.254 e. The molecule has 0 unspecified atom stereocenters. The van der Waals surface area contributed by atoms with Crippen LogP contribution in [0.3, 0.4) is 0 Å². The van der Waals surface area contributed by atoms with Crippen LogP contribution in [0.4, 0.5) is 0 Å². The van der Waals surface area contributed by atoms with Crippen LogP contribution in [0.1, 0.15) is 21.5 Å². The van der Waals surface area contributed by atoms with Crippen LogP contribution >= 0.6 is 22.6 Å². The summed E-state index contributed by atoms with van der Waals surface area (Å²) >= 11 is 2.33. The van der Waals surface area contributed by atoms with Crippen molar-refractivity contribution >= 4 is 34.4 Å². The van der Waals surface area contributed by atoms with Gasteiger partial charge in [-0.15, -0.1) is 0 Å². The van der Waals surface area contributed by atoms with E-state index in [9.17, 15) is 9.59 Å². The van der Waals surface area contributed by atoms with Crippen molar-refractivity contribution in [3.63, 3.8) is 0 Å². The van der Waals surface area contributed by atoms with E-state index >= 15 is 0 Å². The van der Waals surface area contributed by atoms with Crippen LogP contribution in [-0.2, 0) is 17.9 Å². The highest BCUT2D eigenvalue weighted by Crippen LogP contribution is 2.32. The number of hydrogen-bond donors (Lipinski definition) is 0. The van der Waals surface area contributed by atoms with Crippen LogP contribution < -0.4 is 0 Å². The van der Waals surface area contributed by atoms with Crippen LogP contribution in [-0.4, -0.2) is 59.2 Å². The first-order valence-corrected chi connectivity index (χ1v) is 11.3. The molecule has 3 heterocycles. The number of fused-ring (bicyclic) bond motifs is 2. The third-order valence-electron chi connectivity index (χ3n) is 6.46. The van der Waals surface area contributed by atoms with E-state index in [1.807, 2.05) is 29.2 Å². The minimum atomic E-state index is -0.0166. The molecule has 5 nitrogen and oxygen atoms in total. The molecule has 3 aliphatic heterocycles. The maximum atomic E-state index is 12.9. The Labute approximate surface area is 184 Å². The van der Waals surface area contributed by atoms with Crippen LogP contribution in [0.25, 0.3) is 0 Å². The molecule has 150 valence electrons. The summed E-state index contributed by atoms with van der Waals surface area (Å²) in [6.07, 6.45) is 0. The number of amides is 2. The number of likely N-dealkylation sites (tertiary alicyclic amines) is 2. The summed E-state index contributed by atoms with van der Waals surface area (Å²) in [5.41, 5.74) is 3.12. The van der Waals surface area contributed by atoms with Gasteiger partial charge in [-0.1, -0.05) is 30.3 Å². The maximum Gasteiger partial charge on any atom is 0.254 e. The summed E-state index contributed by atoms with van der Waals surface area (Å²) in [5.74, 6) is 1.17. The number of benzene rings is 2. The van der Waals surface area contributed by atoms with Crippen LogP contribution in [0, 0.1) is 15.4 Å². The number of carbonyl (C=O) groups excluding carboxylic acids is 2. The van der Waals surface area contributed by atoms with Gasteiger partial charge in [0.1, 0.15) is 6.54 Å². The van der Waals surface area contributed by atoms with Gasteiger partial charge in [0, 0.05) is 48.4 Å². The molecule has 2 saturated heterocycles. The lowest BCUT2D eigenvalue weighted by Gasteiger charge is -2.24. The van der Waals surface area contributed by atoms with Crippen molar-refractivity contribution in [3.8, 4) is 0 Å². The summed E-state index contributed by atoms with van der Waals surface area (Å²) in [5, 5.41) is 0. The lowest BCUT2D eigenvalue weighted by molar-refractivity contribution is -0.131. The first-order chi connectivity index (χ1) is 14.1. The van der Waals surface area contributed by atoms with Gasteiger partial charge in [0.15, 0.2) is 0 Å². The minimum Gasteiger partial charge on any atom is -0.340 e. The molecule has 2 aromatic rings. The molecule has 0 aromatic heterocycles. The van der Waals surface area contributed by atoms with Gasteiger partial charge < -0.3 is 9.80 Å². The topological polar surface area (TPSA) is 43.9 Å². The Balaban J connectivity index is 1.14. The summed E-state index contributed by atoms with van der Waals surface area (Å²) in [7, 11) is 0. The van der Waals surface area contributed by atoms with Gasteiger partial charge in [-0.3, -0.25) is 14.5 Å². The van der Waals surface area contributed by atoms with Crippen molar-refractivity contribution < 1.29 is 9.59 Å². The predicted octanol–water partition coefficient (Wildman–Crippen LogP) is 2.84. The normalized spacial score (nSPS) is 23.6. The molecule has 2 amide bonds. The fourth-order valence-corrected chi connectivity index (χ4v) is 5.34. The van der Waals surface area contributed by atoms with E-state index in [-0.39, 0.29) is 18.4 Å². The van der Waals surface area contributed by atoms with Gasteiger partial charge >= 0.3 is 0 Å². The van der Waals surface area contributed by atoms with Gasteiger partial charge in [-0.2, -0.15) is 0 Å². The Morgan fingerprint density at radius 2 is 1.66 bits per heavy atom. The predicted molar refractivity (Wildman–Crippen MR) is 119 cm³/mol. The van der Waals surface area contributed by atoms with E-state index in [0.717, 1.165) is 43.9 Å². The third kappa shape index (κ3) is 3.80. The van der Waals surface area contributed by atoms with Gasteiger partial charge in [-0.05, 0) is 63.8 Å². The molecule has 0 bridgehead atoms. The highest BCUT2D eigenvalue weighted by atomic mass is 127. The van der Waals surface area contributed by atoms with E-state index in [1.165, 1.54) is 9.13 Å². The second-order valence-electron chi connectivity index (χ2n) is 8.46. The van der Waals surface area contributed by atoms with E-state index in [2.05, 4.69) is 51.8 Å². The van der Waals surface area contributed by atoms with E-state index < -0.39 is 0 Å². The first kappa shape index (κ1) is 19.1. The van der Waals surface area contributed by atoms with Crippen LogP contribution in [0.15, 0.2) is 48.5 Å². The molecule has 5 rings (SSSR count). The number of halogens is 1. The molecular weight excluding hydrogens is 477 g/mol. The molecule has 2 atom stereocenters. The highest BCUT2D eigenvalue weighted by Gasteiger charge is 2.42. The second kappa shape index (κ2) is 7.72. The van der Waals surface area contributed by atoms with E-state index in [1.54, 1.807) is 4.90 Å². The Hall–Kier alpha value is -1.93. The van der Waals surface area contributed by atoms with Crippen molar-refractivity contribution in [3.05, 3.63) is 68.8 Å².